The highest BCUT2D eigenvalue weighted by Gasteiger charge is 2.37. The van der Waals surface area contributed by atoms with Gasteiger partial charge in [-0.1, -0.05) is 13.8 Å². The summed E-state index contributed by atoms with van der Waals surface area (Å²) >= 11 is 0. The Balaban J connectivity index is 3.02. The summed E-state index contributed by atoms with van der Waals surface area (Å²) in [4.78, 5) is 140. The molecule has 0 aromatic heterocycles. The highest BCUT2D eigenvalue weighted by atomic mass is 16.4. The van der Waals surface area contributed by atoms with Crippen molar-refractivity contribution in [3.63, 3.8) is 0 Å². The minimum Gasteiger partial charge on any atom is -0.481 e. The molecular formula is C37H63N11O14. The molecule has 62 heavy (non-hydrogen) atoms. The molecule has 1 aliphatic heterocycles. The molecule has 0 aromatic carbocycles. The van der Waals surface area contributed by atoms with Gasteiger partial charge < -0.3 is 74.6 Å². The van der Waals surface area contributed by atoms with Gasteiger partial charge in [-0.25, -0.2) is 4.79 Å². The van der Waals surface area contributed by atoms with Crippen molar-refractivity contribution in [1.82, 2.24) is 42.1 Å². The normalized spacial score (nSPS) is 16.8. The third kappa shape index (κ3) is 19.2. The molecule has 25 nitrogen and oxygen atoms in total. The van der Waals surface area contributed by atoms with Crippen LogP contribution in [0.3, 0.4) is 0 Å². The van der Waals surface area contributed by atoms with Crippen molar-refractivity contribution in [2.75, 3.05) is 26.2 Å². The van der Waals surface area contributed by atoms with Crippen LogP contribution in [0.15, 0.2) is 0 Å². The summed E-state index contributed by atoms with van der Waals surface area (Å²) in [5.41, 5.74) is 15.9. The molecule has 1 heterocycles. The Kier molecular flexibility index (Phi) is 23.6. The Bertz CT molecular complexity index is 1630. The molecule has 0 unspecified atom stereocenters. The van der Waals surface area contributed by atoms with Gasteiger partial charge in [0.05, 0.1) is 25.6 Å². The molecule has 25 heteroatoms. The van der Waals surface area contributed by atoms with Crippen LogP contribution in [0.5, 0.6) is 0 Å². The SMILES string of the molecule is CC(C)C[C@H](NC(=O)[C@@H](NC(=O)[C@H](CC(=O)O)NC(=O)[C@H](CCC(N)=O)NC(=O)CN)[C@@H](C)O)C(=O)N[C@@H](C)C(=O)NCC(=O)N1CCC[C@H]1C(=O)N[C@@H](CCCCN)C(=O)O. The van der Waals surface area contributed by atoms with Crippen molar-refractivity contribution in [2.24, 2.45) is 23.1 Å². The first-order valence-corrected chi connectivity index (χ1v) is 20.2. The van der Waals surface area contributed by atoms with E-state index in [1.165, 1.54) is 11.8 Å². The second-order valence-electron chi connectivity index (χ2n) is 15.3. The quantitative estimate of drug-likeness (QED) is 0.0326. The Morgan fingerprint density at radius 3 is 1.87 bits per heavy atom. The zero-order valence-corrected chi connectivity index (χ0v) is 35.4. The first-order chi connectivity index (χ1) is 29.0. The van der Waals surface area contributed by atoms with Gasteiger partial charge >= 0.3 is 11.9 Å². The van der Waals surface area contributed by atoms with Gasteiger partial charge in [0.15, 0.2) is 0 Å². The number of hydrogen-bond acceptors (Lipinski definition) is 14. The predicted molar refractivity (Wildman–Crippen MR) is 216 cm³/mol. The van der Waals surface area contributed by atoms with Crippen molar-refractivity contribution in [3.8, 4) is 0 Å². The van der Waals surface area contributed by atoms with Crippen molar-refractivity contribution < 1.29 is 68.1 Å². The molecule has 16 N–H and O–H groups in total. The number of nitrogens with zero attached hydrogens (tertiary/aromatic N) is 1. The number of carbonyl (C=O) groups excluding carboxylic acids is 9. The summed E-state index contributed by atoms with van der Waals surface area (Å²) in [7, 11) is 0. The fourth-order valence-corrected chi connectivity index (χ4v) is 6.24. The molecule has 0 aliphatic carbocycles. The Hall–Kier alpha value is -5.95. The number of carboxylic acid groups (broad SMARTS) is 2. The third-order valence-electron chi connectivity index (χ3n) is 9.53. The first-order valence-electron chi connectivity index (χ1n) is 20.2. The van der Waals surface area contributed by atoms with Gasteiger partial charge in [0.25, 0.3) is 0 Å². The predicted octanol–water partition coefficient (Wildman–Crippen LogP) is -5.64. The number of unbranched alkanes of at least 4 members (excludes halogenated alkanes) is 1. The maximum atomic E-state index is 13.5. The van der Waals surface area contributed by atoms with Crippen molar-refractivity contribution in [2.45, 2.75) is 134 Å². The molecule has 350 valence electrons. The molecule has 8 atom stereocenters. The molecule has 1 rings (SSSR count). The lowest BCUT2D eigenvalue weighted by atomic mass is 10.0. The van der Waals surface area contributed by atoms with Crippen LogP contribution in [0.1, 0.15) is 85.5 Å². The smallest absolute Gasteiger partial charge is 0.326 e. The van der Waals surface area contributed by atoms with E-state index < -0.39 is 133 Å². The van der Waals surface area contributed by atoms with Gasteiger partial charge in [-0.3, -0.25) is 47.9 Å². The zero-order chi connectivity index (χ0) is 47.3. The van der Waals surface area contributed by atoms with E-state index in [1.807, 2.05) is 0 Å². The number of likely N-dealkylation sites (tertiary alicyclic amines) is 1. The topological polar surface area (TPSA) is 414 Å². The second-order valence-corrected chi connectivity index (χ2v) is 15.3. The summed E-state index contributed by atoms with van der Waals surface area (Å²) in [6.45, 7) is 5.25. The van der Waals surface area contributed by atoms with E-state index in [9.17, 15) is 68.1 Å². The molecule has 0 spiro atoms. The number of aliphatic hydroxyl groups excluding tert-OH is 1. The summed E-state index contributed by atoms with van der Waals surface area (Å²) in [5.74, 6) is -11.1. The number of rotatable bonds is 28. The van der Waals surface area contributed by atoms with E-state index >= 15 is 0 Å². The van der Waals surface area contributed by atoms with E-state index in [1.54, 1.807) is 13.8 Å². The highest BCUT2D eigenvalue weighted by Crippen LogP contribution is 2.18. The maximum Gasteiger partial charge on any atom is 0.326 e. The van der Waals surface area contributed by atoms with Crippen LogP contribution >= 0.6 is 0 Å². The van der Waals surface area contributed by atoms with Crippen molar-refractivity contribution in [1.29, 1.82) is 0 Å². The largest absolute Gasteiger partial charge is 0.481 e. The Morgan fingerprint density at radius 1 is 0.710 bits per heavy atom. The number of primary amides is 1. The van der Waals surface area contributed by atoms with Gasteiger partial charge in [-0.15, -0.1) is 0 Å². The van der Waals surface area contributed by atoms with Crippen molar-refractivity contribution >= 4 is 65.1 Å². The van der Waals surface area contributed by atoms with E-state index in [2.05, 4.69) is 37.2 Å². The van der Waals surface area contributed by atoms with E-state index in [-0.39, 0.29) is 44.6 Å². The lowest BCUT2D eigenvalue weighted by Crippen LogP contribution is -2.61. The van der Waals surface area contributed by atoms with Gasteiger partial charge in [0.2, 0.25) is 53.2 Å². The molecule has 1 aliphatic rings. The number of aliphatic hydroxyl groups is 1. The molecule has 1 saturated heterocycles. The van der Waals surface area contributed by atoms with Gasteiger partial charge in [-0.05, 0) is 71.3 Å². The van der Waals surface area contributed by atoms with Gasteiger partial charge in [0.1, 0.15) is 42.3 Å². The third-order valence-corrected chi connectivity index (χ3v) is 9.53. The summed E-state index contributed by atoms with van der Waals surface area (Å²) in [6.07, 6.45) is -1.51. The maximum absolute atomic E-state index is 13.5. The number of carbonyl (C=O) groups is 11. The zero-order valence-electron chi connectivity index (χ0n) is 35.4. The molecule has 1 fully saturated rings. The lowest BCUT2D eigenvalue weighted by molar-refractivity contribution is -0.144. The minimum absolute atomic E-state index is 0.0159. The fourth-order valence-electron chi connectivity index (χ4n) is 6.24. The van der Waals surface area contributed by atoms with Gasteiger partial charge in [-0.2, -0.15) is 0 Å². The van der Waals surface area contributed by atoms with E-state index in [0.717, 1.165) is 6.92 Å². The number of aliphatic carboxylic acids is 2. The number of carboxylic acids is 2. The van der Waals surface area contributed by atoms with Crippen LogP contribution in [0.25, 0.3) is 0 Å². The van der Waals surface area contributed by atoms with Crippen LogP contribution < -0.4 is 54.4 Å². The fraction of sp³-hybridized carbons (Fsp3) is 0.703. The van der Waals surface area contributed by atoms with Crippen LogP contribution in [-0.4, -0.2) is 160 Å². The number of nitrogens with two attached hydrogens (primary N) is 3. The standard InChI is InChI=1S/C37H63N11O14/c1-18(2)14-23(33(57)42-19(3)31(55)41-17-28(52)48-13-7-9-25(48)35(59)44-22(37(61)62)8-5-6-12-38)46-36(60)30(20(4)49)47-34(58)24(15-29(53)54)45-32(56)21(10-11-26(40)50)43-27(51)16-39/h18-25,30,49H,5-17,38-39H2,1-4H3,(H2,40,50)(H,41,55)(H,42,57)(H,43,51)(H,44,59)(H,45,56)(H,46,60)(H,47,58)(H,53,54)(H,61,62)/t19-,20+,21-,22-,23-,24-,25-,30-/m0/s1. The van der Waals surface area contributed by atoms with Crippen molar-refractivity contribution in [3.05, 3.63) is 0 Å². The Labute approximate surface area is 358 Å². The number of hydrogen-bond donors (Lipinski definition) is 13. The number of amides is 9. The lowest BCUT2D eigenvalue weighted by Gasteiger charge is -2.28. The van der Waals surface area contributed by atoms with Crippen LogP contribution in [-0.2, 0) is 52.7 Å². The van der Waals surface area contributed by atoms with E-state index in [4.69, 9.17) is 17.2 Å². The molecule has 9 amide bonds. The van der Waals surface area contributed by atoms with Crippen LogP contribution in [0, 0.1) is 5.92 Å². The van der Waals surface area contributed by atoms with E-state index in [0.29, 0.717) is 25.8 Å². The Morgan fingerprint density at radius 2 is 1.32 bits per heavy atom. The molecule has 0 radical (unpaired) electrons. The first kappa shape index (κ1) is 54.1. The van der Waals surface area contributed by atoms with Crippen LogP contribution in [0.4, 0.5) is 0 Å². The molecule has 0 saturated carbocycles. The molecular weight excluding hydrogens is 822 g/mol. The second kappa shape index (κ2) is 27.1. The summed E-state index contributed by atoms with van der Waals surface area (Å²) in [5, 5.41) is 45.7. The molecule has 0 bridgehead atoms. The summed E-state index contributed by atoms with van der Waals surface area (Å²) in [6, 6.07) is -9.95. The molecule has 0 aromatic rings. The summed E-state index contributed by atoms with van der Waals surface area (Å²) < 4.78 is 0. The minimum atomic E-state index is -1.88. The average Bonchev–Trinajstić information content (AvgIpc) is 3.69. The highest BCUT2D eigenvalue weighted by molar-refractivity contribution is 5.98. The van der Waals surface area contributed by atoms with Gasteiger partial charge in [0, 0.05) is 13.0 Å². The number of nitrogens with one attached hydrogen (secondary N) is 7. The monoisotopic (exact) mass is 885 g/mol. The average molecular weight is 886 g/mol. The van der Waals surface area contributed by atoms with Crippen LogP contribution in [0.2, 0.25) is 0 Å².